The Kier molecular flexibility index (Phi) is 4.51. The van der Waals surface area contributed by atoms with Crippen molar-refractivity contribution < 1.29 is 14.7 Å². The molecule has 1 rings (SSSR count). The number of amides is 2. The normalized spacial score (nSPS) is 13.5. The number of carboxylic acid groups (broad SMARTS) is 1. The minimum Gasteiger partial charge on any atom is -0.480 e. The molecule has 1 aromatic carbocycles. The van der Waals surface area contributed by atoms with Gasteiger partial charge in [-0.2, -0.15) is 0 Å². The van der Waals surface area contributed by atoms with Gasteiger partial charge in [-0.15, -0.1) is 0 Å². The van der Waals surface area contributed by atoms with Crippen LogP contribution in [0, 0.1) is 0 Å². The van der Waals surface area contributed by atoms with Gasteiger partial charge in [-0.1, -0.05) is 30.3 Å². The van der Waals surface area contributed by atoms with Crippen LogP contribution in [0.3, 0.4) is 0 Å². The van der Waals surface area contributed by atoms with Gasteiger partial charge in [0.05, 0.1) is 6.04 Å². The van der Waals surface area contributed by atoms with Gasteiger partial charge in [0.2, 0.25) is 0 Å². The summed E-state index contributed by atoms with van der Waals surface area (Å²) in [6.45, 7) is 3.25. The van der Waals surface area contributed by atoms with Crippen LogP contribution in [0.15, 0.2) is 30.3 Å². The molecule has 5 heteroatoms. The van der Waals surface area contributed by atoms with Gasteiger partial charge in [0.25, 0.3) is 0 Å². The molecule has 0 saturated heterocycles. The summed E-state index contributed by atoms with van der Waals surface area (Å²) in [6, 6.07) is 7.88. The molecule has 0 aliphatic carbocycles. The number of carbonyl (C=O) groups is 2. The molecule has 17 heavy (non-hydrogen) atoms. The van der Waals surface area contributed by atoms with Crippen LogP contribution in [-0.2, 0) is 4.79 Å². The molecule has 0 aliphatic heterocycles. The van der Waals surface area contributed by atoms with Crippen molar-refractivity contribution in [2.75, 3.05) is 0 Å². The maximum atomic E-state index is 11.5. The fourth-order valence-electron chi connectivity index (χ4n) is 1.32. The lowest BCUT2D eigenvalue weighted by Crippen LogP contribution is -2.45. The lowest BCUT2D eigenvalue weighted by molar-refractivity contribution is -0.138. The lowest BCUT2D eigenvalue weighted by Gasteiger charge is -2.16. The van der Waals surface area contributed by atoms with Crippen LogP contribution < -0.4 is 10.6 Å². The zero-order valence-corrected chi connectivity index (χ0v) is 9.81. The molecule has 2 atom stereocenters. The smallest absolute Gasteiger partial charge is 0.325 e. The zero-order chi connectivity index (χ0) is 12.8. The first-order valence-corrected chi connectivity index (χ1v) is 5.35. The van der Waals surface area contributed by atoms with Gasteiger partial charge in [0.15, 0.2) is 0 Å². The number of aliphatic carboxylic acids is 1. The Morgan fingerprint density at radius 3 is 2.24 bits per heavy atom. The molecule has 92 valence electrons. The Morgan fingerprint density at radius 2 is 1.71 bits per heavy atom. The third-order valence-corrected chi connectivity index (χ3v) is 2.37. The molecule has 0 bridgehead atoms. The maximum absolute atomic E-state index is 11.5. The Balaban J connectivity index is 2.49. The quantitative estimate of drug-likeness (QED) is 0.741. The van der Waals surface area contributed by atoms with Crippen LogP contribution in [0.4, 0.5) is 4.79 Å². The molecular formula is C12H16N2O3. The van der Waals surface area contributed by atoms with Crippen molar-refractivity contribution in [1.82, 2.24) is 10.6 Å². The first-order valence-electron chi connectivity index (χ1n) is 5.35. The predicted octanol–water partition coefficient (Wildman–Crippen LogP) is 1.52. The van der Waals surface area contributed by atoms with E-state index < -0.39 is 18.0 Å². The minimum absolute atomic E-state index is 0.169. The summed E-state index contributed by atoms with van der Waals surface area (Å²) in [5, 5.41) is 13.6. The number of hydrogen-bond donors (Lipinski definition) is 3. The Labute approximate surface area is 99.8 Å². The number of urea groups is 1. The number of carbonyl (C=O) groups excluding carboxylic acids is 1. The highest BCUT2D eigenvalue weighted by molar-refractivity contribution is 5.82. The second-order valence-electron chi connectivity index (χ2n) is 3.81. The molecule has 0 heterocycles. The van der Waals surface area contributed by atoms with Gasteiger partial charge in [-0.05, 0) is 19.4 Å². The van der Waals surface area contributed by atoms with Crippen molar-refractivity contribution in [2.45, 2.75) is 25.9 Å². The van der Waals surface area contributed by atoms with E-state index in [0.29, 0.717) is 0 Å². The molecule has 1 aromatic rings. The number of carboxylic acids is 1. The van der Waals surface area contributed by atoms with Crippen molar-refractivity contribution in [2.24, 2.45) is 0 Å². The van der Waals surface area contributed by atoms with Crippen molar-refractivity contribution in [3.05, 3.63) is 35.9 Å². The van der Waals surface area contributed by atoms with Crippen LogP contribution in [-0.4, -0.2) is 23.1 Å². The number of hydrogen-bond acceptors (Lipinski definition) is 2. The molecular weight excluding hydrogens is 220 g/mol. The summed E-state index contributed by atoms with van der Waals surface area (Å²) in [5.74, 6) is -1.06. The van der Waals surface area contributed by atoms with E-state index in [4.69, 9.17) is 5.11 Å². The van der Waals surface area contributed by atoms with E-state index in [9.17, 15) is 9.59 Å². The third-order valence-electron chi connectivity index (χ3n) is 2.37. The first kappa shape index (κ1) is 13.0. The summed E-state index contributed by atoms with van der Waals surface area (Å²) >= 11 is 0. The highest BCUT2D eigenvalue weighted by Crippen LogP contribution is 2.10. The summed E-state index contributed by atoms with van der Waals surface area (Å²) in [4.78, 5) is 22.0. The van der Waals surface area contributed by atoms with Crippen molar-refractivity contribution in [3.8, 4) is 0 Å². The van der Waals surface area contributed by atoms with Gasteiger partial charge in [0, 0.05) is 0 Å². The van der Waals surface area contributed by atoms with Gasteiger partial charge >= 0.3 is 12.0 Å². The van der Waals surface area contributed by atoms with E-state index in [2.05, 4.69) is 10.6 Å². The van der Waals surface area contributed by atoms with E-state index in [-0.39, 0.29) is 6.04 Å². The summed E-state index contributed by atoms with van der Waals surface area (Å²) in [7, 11) is 0. The lowest BCUT2D eigenvalue weighted by atomic mass is 10.1. The standard InChI is InChI=1S/C12H16N2O3/c1-8(10-6-4-3-5-7-10)13-12(17)14-9(2)11(15)16/h3-9H,1-2H3,(H,15,16)(H2,13,14,17)/t8-,9-/m0/s1. The van der Waals surface area contributed by atoms with Gasteiger partial charge in [0.1, 0.15) is 6.04 Å². The number of rotatable bonds is 4. The van der Waals surface area contributed by atoms with Gasteiger partial charge in [-0.25, -0.2) is 4.79 Å². The van der Waals surface area contributed by atoms with Crippen LogP contribution in [0.1, 0.15) is 25.5 Å². The molecule has 5 nitrogen and oxygen atoms in total. The zero-order valence-electron chi connectivity index (χ0n) is 9.81. The number of benzene rings is 1. The molecule has 0 aliphatic rings. The van der Waals surface area contributed by atoms with Crippen LogP contribution in [0.25, 0.3) is 0 Å². The highest BCUT2D eigenvalue weighted by Gasteiger charge is 2.15. The van der Waals surface area contributed by atoms with Crippen molar-refractivity contribution >= 4 is 12.0 Å². The Morgan fingerprint density at radius 1 is 1.12 bits per heavy atom. The average molecular weight is 236 g/mol. The fraction of sp³-hybridized carbons (Fsp3) is 0.333. The monoisotopic (exact) mass is 236 g/mol. The molecule has 0 spiro atoms. The van der Waals surface area contributed by atoms with Crippen molar-refractivity contribution in [1.29, 1.82) is 0 Å². The highest BCUT2D eigenvalue weighted by atomic mass is 16.4. The van der Waals surface area contributed by atoms with Gasteiger partial charge < -0.3 is 15.7 Å². The van der Waals surface area contributed by atoms with E-state index >= 15 is 0 Å². The molecule has 0 fully saturated rings. The molecule has 0 unspecified atom stereocenters. The van der Waals surface area contributed by atoms with Crippen LogP contribution >= 0.6 is 0 Å². The second-order valence-corrected chi connectivity index (χ2v) is 3.81. The van der Waals surface area contributed by atoms with Crippen LogP contribution in [0.5, 0.6) is 0 Å². The third kappa shape index (κ3) is 4.14. The van der Waals surface area contributed by atoms with E-state index in [0.717, 1.165) is 5.56 Å². The summed E-state index contributed by atoms with van der Waals surface area (Å²) < 4.78 is 0. The second kappa shape index (κ2) is 5.89. The van der Waals surface area contributed by atoms with E-state index in [1.807, 2.05) is 37.3 Å². The van der Waals surface area contributed by atoms with Crippen LogP contribution in [0.2, 0.25) is 0 Å². The summed E-state index contributed by atoms with van der Waals surface area (Å²) in [6.07, 6.45) is 0. The van der Waals surface area contributed by atoms with E-state index in [1.54, 1.807) is 0 Å². The number of nitrogens with one attached hydrogen (secondary N) is 2. The Bertz CT molecular complexity index is 392. The first-order chi connectivity index (χ1) is 8.00. The SMILES string of the molecule is C[C@H](NC(=O)N[C@@H](C)c1ccccc1)C(=O)O. The fourth-order valence-corrected chi connectivity index (χ4v) is 1.32. The Hall–Kier alpha value is -2.04. The molecule has 0 aromatic heterocycles. The van der Waals surface area contributed by atoms with Gasteiger partial charge in [-0.3, -0.25) is 4.79 Å². The molecule has 3 N–H and O–H groups in total. The molecule has 2 amide bonds. The van der Waals surface area contributed by atoms with Crippen molar-refractivity contribution in [3.63, 3.8) is 0 Å². The molecule has 0 radical (unpaired) electrons. The summed E-state index contributed by atoms with van der Waals surface area (Å²) in [5.41, 5.74) is 0.964. The maximum Gasteiger partial charge on any atom is 0.325 e. The topological polar surface area (TPSA) is 78.4 Å². The largest absolute Gasteiger partial charge is 0.480 e. The van der Waals surface area contributed by atoms with E-state index in [1.165, 1.54) is 6.92 Å². The predicted molar refractivity (Wildman–Crippen MR) is 63.6 cm³/mol. The average Bonchev–Trinajstić information content (AvgIpc) is 2.29. The minimum atomic E-state index is -1.06. The molecule has 0 saturated carbocycles.